The van der Waals surface area contributed by atoms with Gasteiger partial charge >= 0.3 is 51.4 Å². The van der Waals surface area contributed by atoms with Crippen LogP contribution in [0.3, 0.4) is 0 Å². The zero-order valence-electron chi connectivity index (χ0n) is 18.3. The van der Waals surface area contributed by atoms with E-state index in [-0.39, 0.29) is 63.9 Å². The molecule has 0 amide bonds. The van der Waals surface area contributed by atoms with E-state index in [1.54, 1.807) is 0 Å². The van der Waals surface area contributed by atoms with Gasteiger partial charge in [0.1, 0.15) is 0 Å². The first-order chi connectivity index (χ1) is 12.5. The Bertz CT molecular complexity index is 388. The topological polar surface area (TPSA) is 66.4 Å². The molecular formula is C21H43KO4S. The van der Waals surface area contributed by atoms with Crippen LogP contribution in [0.25, 0.3) is 0 Å². The first-order valence-corrected chi connectivity index (χ1v) is 12.4. The second-order valence-corrected chi connectivity index (χ2v) is 8.78. The summed E-state index contributed by atoms with van der Waals surface area (Å²) in [5, 5.41) is 0. The molecular weight excluding hydrogens is 387 g/mol. The van der Waals surface area contributed by atoms with Gasteiger partial charge in [-0.15, -0.1) is 0 Å². The Labute approximate surface area is 212 Å². The van der Waals surface area contributed by atoms with Crippen LogP contribution in [0.2, 0.25) is 0 Å². The molecule has 0 aliphatic rings. The molecule has 0 saturated heterocycles. The molecule has 0 saturated carbocycles. The van der Waals surface area contributed by atoms with Crippen molar-refractivity contribution in [1.29, 1.82) is 0 Å². The molecule has 6 heteroatoms. The summed E-state index contributed by atoms with van der Waals surface area (Å²) in [4.78, 5) is 0. The predicted molar refractivity (Wildman–Crippen MR) is 109 cm³/mol. The molecule has 0 rings (SSSR count). The maximum atomic E-state index is 10.7. The molecule has 0 aromatic carbocycles. The minimum absolute atomic E-state index is 0. The molecule has 158 valence electrons. The van der Waals surface area contributed by atoms with E-state index in [4.69, 9.17) is 0 Å². The molecule has 0 aliphatic carbocycles. The SMILES string of the molecule is CCCCCCCCCCC(CCCCCCCCC)COS(=O)(=O)[O-].[K+]. The Balaban J connectivity index is 0. The van der Waals surface area contributed by atoms with Crippen LogP contribution in [0, 0.1) is 5.92 Å². The molecule has 1 atom stereocenters. The Kier molecular flexibility index (Phi) is 25.2. The second-order valence-electron chi connectivity index (χ2n) is 7.73. The van der Waals surface area contributed by atoms with Gasteiger partial charge in [0.25, 0.3) is 0 Å². The zero-order chi connectivity index (χ0) is 19.5. The quantitative estimate of drug-likeness (QED) is 0.128. The third-order valence-corrected chi connectivity index (χ3v) is 5.55. The number of unbranched alkanes of at least 4 members (excludes halogenated alkanes) is 13. The fraction of sp³-hybridized carbons (Fsp3) is 1.00. The first kappa shape index (κ1) is 30.7. The number of hydrogen-bond donors (Lipinski definition) is 0. The van der Waals surface area contributed by atoms with Gasteiger partial charge in [-0.1, -0.05) is 110 Å². The van der Waals surface area contributed by atoms with Gasteiger partial charge in [0, 0.05) is 0 Å². The second kappa shape index (κ2) is 22.2. The third kappa shape index (κ3) is 25.5. The Morgan fingerprint density at radius 1 is 0.667 bits per heavy atom. The van der Waals surface area contributed by atoms with Gasteiger partial charge in [0.2, 0.25) is 10.4 Å². The van der Waals surface area contributed by atoms with Crippen LogP contribution in [0.1, 0.15) is 123 Å². The summed E-state index contributed by atoms with van der Waals surface area (Å²) in [5.74, 6) is 0.203. The smallest absolute Gasteiger partial charge is 0.726 e. The van der Waals surface area contributed by atoms with Crippen molar-refractivity contribution in [3.8, 4) is 0 Å². The summed E-state index contributed by atoms with van der Waals surface area (Å²) < 4.78 is 36.7. The van der Waals surface area contributed by atoms with E-state index in [9.17, 15) is 13.0 Å². The van der Waals surface area contributed by atoms with Crippen molar-refractivity contribution < 1.29 is 68.5 Å². The molecule has 27 heavy (non-hydrogen) atoms. The van der Waals surface area contributed by atoms with Crippen LogP contribution >= 0.6 is 0 Å². The standard InChI is InChI=1S/C21H44O4S.K/c1-3-5-7-9-11-13-15-17-19-21(20-25-26(22,23)24)18-16-14-12-10-8-6-4-2;/h21H,3-20H2,1-2H3,(H,22,23,24);/q;+1/p-1. The summed E-state index contributed by atoms with van der Waals surface area (Å²) >= 11 is 0. The molecule has 0 heterocycles. The maximum Gasteiger partial charge on any atom is 1.00 e. The molecule has 0 fully saturated rings. The predicted octanol–water partition coefficient (Wildman–Crippen LogP) is 3.75. The molecule has 1 unspecified atom stereocenters. The van der Waals surface area contributed by atoms with Crippen LogP contribution in [-0.2, 0) is 14.6 Å². The van der Waals surface area contributed by atoms with Gasteiger partial charge in [0.15, 0.2) is 0 Å². The van der Waals surface area contributed by atoms with Crippen molar-refractivity contribution in [2.45, 2.75) is 123 Å². The molecule has 4 nitrogen and oxygen atoms in total. The fourth-order valence-electron chi connectivity index (χ4n) is 3.45. The average molecular weight is 431 g/mol. The van der Waals surface area contributed by atoms with Crippen molar-refractivity contribution in [2.75, 3.05) is 6.61 Å². The number of hydrogen-bond acceptors (Lipinski definition) is 4. The van der Waals surface area contributed by atoms with Gasteiger partial charge < -0.3 is 4.55 Å². The van der Waals surface area contributed by atoms with E-state index in [1.165, 1.54) is 83.5 Å². The summed E-state index contributed by atoms with van der Waals surface area (Å²) in [6.07, 6.45) is 20.8. The van der Waals surface area contributed by atoms with E-state index in [1.807, 2.05) is 0 Å². The molecule has 0 spiro atoms. The molecule has 0 radical (unpaired) electrons. The molecule has 0 aromatic rings. The van der Waals surface area contributed by atoms with Crippen LogP contribution < -0.4 is 51.4 Å². The summed E-state index contributed by atoms with van der Waals surface area (Å²) in [5.41, 5.74) is 0. The van der Waals surface area contributed by atoms with Gasteiger partial charge in [-0.25, -0.2) is 8.42 Å². The van der Waals surface area contributed by atoms with Crippen LogP contribution in [0.4, 0.5) is 0 Å². The van der Waals surface area contributed by atoms with Gasteiger partial charge in [-0.2, -0.15) is 0 Å². The third-order valence-electron chi connectivity index (χ3n) is 5.13. The Morgan fingerprint density at radius 3 is 1.33 bits per heavy atom. The van der Waals surface area contributed by atoms with Crippen molar-refractivity contribution in [3.63, 3.8) is 0 Å². The van der Waals surface area contributed by atoms with Gasteiger partial charge in [0.05, 0.1) is 6.61 Å². The van der Waals surface area contributed by atoms with Crippen LogP contribution in [-0.4, -0.2) is 19.6 Å². The van der Waals surface area contributed by atoms with E-state index < -0.39 is 10.4 Å². The average Bonchev–Trinajstić information content (AvgIpc) is 2.59. The minimum Gasteiger partial charge on any atom is -0.726 e. The van der Waals surface area contributed by atoms with Gasteiger partial charge in [-0.3, -0.25) is 4.18 Å². The van der Waals surface area contributed by atoms with E-state index >= 15 is 0 Å². The first-order valence-electron chi connectivity index (χ1n) is 11.1. The zero-order valence-corrected chi connectivity index (χ0v) is 22.3. The summed E-state index contributed by atoms with van der Waals surface area (Å²) in [6, 6.07) is 0. The molecule has 0 bridgehead atoms. The van der Waals surface area contributed by atoms with Crippen molar-refractivity contribution in [1.82, 2.24) is 0 Å². The molecule has 0 aromatic heterocycles. The monoisotopic (exact) mass is 430 g/mol. The van der Waals surface area contributed by atoms with Crippen molar-refractivity contribution in [3.05, 3.63) is 0 Å². The summed E-state index contributed by atoms with van der Waals surface area (Å²) in [7, 11) is -4.56. The van der Waals surface area contributed by atoms with E-state index in [0.29, 0.717) is 0 Å². The van der Waals surface area contributed by atoms with Crippen molar-refractivity contribution in [2.24, 2.45) is 5.92 Å². The molecule has 0 aliphatic heterocycles. The normalized spacial score (nSPS) is 12.7. The van der Waals surface area contributed by atoms with E-state index in [0.717, 1.165) is 25.7 Å². The Hall–Kier alpha value is 1.51. The van der Waals surface area contributed by atoms with Crippen LogP contribution in [0.5, 0.6) is 0 Å². The number of rotatable bonds is 20. The maximum absolute atomic E-state index is 10.7. The summed E-state index contributed by atoms with van der Waals surface area (Å²) in [6.45, 7) is 4.52. The molecule has 0 N–H and O–H groups in total. The van der Waals surface area contributed by atoms with Crippen LogP contribution in [0.15, 0.2) is 0 Å². The largest absolute Gasteiger partial charge is 1.00 e. The van der Waals surface area contributed by atoms with Crippen molar-refractivity contribution >= 4 is 10.4 Å². The Morgan fingerprint density at radius 2 is 1.00 bits per heavy atom. The van der Waals surface area contributed by atoms with Gasteiger partial charge in [-0.05, 0) is 18.8 Å². The van der Waals surface area contributed by atoms with E-state index in [2.05, 4.69) is 18.0 Å². The fourth-order valence-corrected chi connectivity index (χ4v) is 3.81. The minimum atomic E-state index is -4.56.